The summed E-state index contributed by atoms with van der Waals surface area (Å²) in [6.45, 7) is 10.8. The van der Waals surface area contributed by atoms with Crippen molar-refractivity contribution >= 4 is 11.9 Å². The summed E-state index contributed by atoms with van der Waals surface area (Å²) < 4.78 is 29.3. The van der Waals surface area contributed by atoms with Crippen molar-refractivity contribution in [3.63, 3.8) is 0 Å². The highest BCUT2D eigenvalue weighted by molar-refractivity contribution is 5.80. The fraction of sp³-hybridized carbons (Fsp3) is 0.692. The predicted octanol–water partition coefficient (Wildman–Crippen LogP) is 4.46. The van der Waals surface area contributed by atoms with Gasteiger partial charge in [0.05, 0.1) is 31.7 Å². The van der Waals surface area contributed by atoms with Crippen LogP contribution in [0.3, 0.4) is 0 Å². The number of ether oxygens (including phenoxy) is 5. The molecule has 0 unspecified atom stereocenters. The van der Waals surface area contributed by atoms with Gasteiger partial charge in [0.25, 0.3) is 0 Å². The Balaban J connectivity index is 2.11. The summed E-state index contributed by atoms with van der Waals surface area (Å²) in [5, 5.41) is 0. The molecule has 0 bridgehead atoms. The Hall–Kier alpha value is -1.96. The van der Waals surface area contributed by atoms with Crippen molar-refractivity contribution in [2.75, 3.05) is 19.8 Å². The zero-order valence-electron chi connectivity index (χ0n) is 20.7. The molecule has 0 radical (unpaired) electrons. The Kier molecular flexibility index (Phi) is 11.3. The predicted molar refractivity (Wildman–Crippen MR) is 125 cm³/mol. The first kappa shape index (κ1) is 27.3. The summed E-state index contributed by atoms with van der Waals surface area (Å²) in [7, 11) is 0. The van der Waals surface area contributed by atoms with Crippen LogP contribution in [0, 0.1) is 5.92 Å². The van der Waals surface area contributed by atoms with Crippen molar-refractivity contribution in [2.45, 2.75) is 90.8 Å². The Morgan fingerprint density at radius 2 is 1.88 bits per heavy atom. The second-order valence-corrected chi connectivity index (χ2v) is 9.52. The standard InChI is InChI=1S/C26H40O7/c1-6-7-14-30-22-13-15-29-18-21(16-23(27)33-26(3,4)5)25(28)32-19(2)24(22)31-17-20-11-9-8-10-12-20/h8-12,19,21-22,24H,6-7,13-18H2,1-5H3/t19-,21-,22-,24-/m0/s1. The Morgan fingerprint density at radius 3 is 2.55 bits per heavy atom. The lowest BCUT2D eigenvalue weighted by molar-refractivity contribution is -0.183. The molecule has 0 saturated carbocycles. The molecule has 1 fully saturated rings. The second kappa shape index (κ2) is 13.7. The zero-order valence-corrected chi connectivity index (χ0v) is 20.7. The van der Waals surface area contributed by atoms with Gasteiger partial charge in [-0.15, -0.1) is 0 Å². The van der Waals surface area contributed by atoms with Crippen LogP contribution in [-0.4, -0.2) is 55.7 Å². The lowest BCUT2D eigenvalue weighted by atomic mass is 10.0. The van der Waals surface area contributed by atoms with Crippen molar-refractivity contribution in [2.24, 2.45) is 5.92 Å². The Bertz CT molecular complexity index is 713. The van der Waals surface area contributed by atoms with Crippen LogP contribution in [0.5, 0.6) is 0 Å². The normalized spacial score (nSPS) is 24.7. The van der Waals surface area contributed by atoms with Crippen LogP contribution in [0.15, 0.2) is 30.3 Å². The van der Waals surface area contributed by atoms with E-state index in [1.165, 1.54) is 0 Å². The average Bonchev–Trinajstić information content (AvgIpc) is 2.74. The minimum atomic E-state index is -0.727. The van der Waals surface area contributed by atoms with Gasteiger partial charge in [-0.2, -0.15) is 0 Å². The molecule has 1 aliphatic rings. The lowest BCUT2D eigenvalue weighted by Crippen LogP contribution is -2.45. The van der Waals surface area contributed by atoms with Crippen molar-refractivity contribution in [3.05, 3.63) is 35.9 Å². The number of cyclic esters (lactones) is 1. The molecule has 0 aliphatic carbocycles. The number of esters is 2. The van der Waals surface area contributed by atoms with Crippen LogP contribution < -0.4 is 0 Å². The smallest absolute Gasteiger partial charge is 0.312 e. The molecule has 1 aliphatic heterocycles. The summed E-state index contributed by atoms with van der Waals surface area (Å²) in [5.74, 6) is -1.67. The van der Waals surface area contributed by atoms with Gasteiger partial charge in [-0.25, -0.2) is 0 Å². The van der Waals surface area contributed by atoms with Crippen LogP contribution in [0.4, 0.5) is 0 Å². The Morgan fingerprint density at radius 1 is 1.15 bits per heavy atom. The number of rotatable bonds is 9. The molecule has 1 heterocycles. The molecule has 1 aromatic carbocycles. The number of carbonyl (C=O) groups excluding carboxylic acids is 2. The summed E-state index contributed by atoms with van der Waals surface area (Å²) in [5.41, 5.74) is 0.407. The van der Waals surface area contributed by atoms with Gasteiger partial charge in [-0.3, -0.25) is 9.59 Å². The molecule has 2 rings (SSSR count). The fourth-order valence-electron chi connectivity index (χ4n) is 3.60. The molecule has 7 heteroatoms. The summed E-state index contributed by atoms with van der Waals surface area (Å²) in [4.78, 5) is 25.2. The first-order chi connectivity index (χ1) is 15.7. The molecule has 0 spiro atoms. The lowest BCUT2D eigenvalue weighted by Gasteiger charge is -2.33. The van der Waals surface area contributed by atoms with Crippen LogP contribution in [0.25, 0.3) is 0 Å². The summed E-state index contributed by atoms with van der Waals surface area (Å²) in [6.07, 6.45) is 1.19. The minimum absolute atomic E-state index is 0.0885. The molecule has 4 atom stereocenters. The maximum absolute atomic E-state index is 12.9. The third-order valence-corrected chi connectivity index (χ3v) is 5.28. The first-order valence-electron chi connectivity index (χ1n) is 12.0. The van der Waals surface area contributed by atoms with E-state index < -0.39 is 35.7 Å². The maximum atomic E-state index is 12.9. The number of carbonyl (C=O) groups is 2. The van der Waals surface area contributed by atoms with Gasteiger partial charge in [-0.1, -0.05) is 43.7 Å². The van der Waals surface area contributed by atoms with E-state index >= 15 is 0 Å². The number of hydrogen-bond donors (Lipinski definition) is 0. The van der Waals surface area contributed by atoms with Crippen molar-refractivity contribution in [3.8, 4) is 0 Å². The number of hydrogen-bond acceptors (Lipinski definition) is 7. The number of unbranched alkanes of at least 4 members (excludes halogenated alkanes) is 1. The first-order valence-corrected chi connectivity index (χ1v) is 12.0. The van der Waals surface area contributed by atoms with E-state index in [1.54, 1.807) is 20.8 Å². The van der Waals surface area contributed by atoms with Gasteiger partial charge in [-0.05, 0) is 46.1 Å². The van der Waals surface area contributed by atoms with E-state index in [1.807, 2.05) is 37.3 Å². The molecule has 33 heavy (non-hydrogen) atoms. The number of benzene rings is 1. The molecule has 7 nitrogen and oxygen atoms in total. The minimum Gasteiger partial charge on any atom is -0.460 e. The van der Waals surface area contributed by atoms with E-state index in [4.69, 9.17) is 23.7 Å². The fourth-order valence-corrected chi connectivity index (χ4v) is 3.60. The molecular weight excluding hydrogens is 424 g/mol. The van der Waals surface area contributed by atoms with Crippen LogP contribution in [0.1, 0.15) is 65.9 Å². The largest absolute Gasteiger partial charge is 0.460 e. The van der Waals surface area contributed by atoms with Gasteiger partial charge in [0.2, 0.25) is 0 Å². The molecular formula is C26H40O7. The third-order valence-electron chi connectivity index (χ3n) is 5.28. The zero-order chi connectivity index (χ0) is 24.3. The maximum Gasteiger partial charge on any atom is 0.312 e. The topological polar surface area (TPSA) is 80.3 Å². The SMILES string of the molecule is CCCCO[C@H]1CCOC[C@H](CC(=O)OC(C)(C)C)C(=O)O[C@@H](C)[C@@H]1OCc1ccccc1. The van der Waals surface area contributed by atoms with E-state index in [0.29, 0.717) is 26.2 Å². The van der Waals surface area contributed by atoms with Gasteiger partial charge in [0.15, 0.2) is 0 Å². The van der Waals surface area contributed by atoms with E-state index in [9.17, 15) is 9.59 Å². The van der Waals surface area contributed by atoms with E-state index in [0.717, 1.165) is 18.4 Å². The molecule has 186 valence electrons. The quantitative estimate of drug-likeness (QED) is 0.394. The summed E-state index contributed by atoms with van der Waals surface area (Å²) >= 11 is 0. The van der Waals surface area contributed by atoms with E-state index in [-0.39, 0.29) is 19.1 Å². The van der Waals surface area contributed by atoms with Crippen molar-refractivity contribution in [1.29, 1.82) is 0 Å². The van der Waals surface area contributed by atoms with Crippen molar-refractivity contribution in [1.82, 2.24) is 0 Å². The monoisotopic (exact) mass is 464 g/mol. The molecule has 0 aromatic heterocycles. The molecule has 0 N–H and O–H groups in total. The average molecular weight is 465 g/mol. The molecule has 1 saturated heterocycles. The van der Waals surface area contributed by atoms with Crippen LogP contribution in [0.2, 0.25) is 0 Å². The van der Waals surface area contributed by atoms with Crippen LogP contribution in [-0.2, 0) is 39.9 Å². The van der Waals surface area contributed by atoms with Gasteiger partial charge < -0.3 is 23.7 Å². The van der Waals surface area contributed by atoms with E-state index in [2.05, 4.69) is 6.92 Å². The Labute approximate surface area is 198 Å². The molecule has 0 amide bonds. The molecule has 1 aromatic rings. The van der Waals surface area contributed by atoms with Crippen LogP contribution >= 0.6 is 0 Å². The van der Waals surface area contributed by atoms with Gasteiger partial charge >= 0.3 is 11.9 Å². The second-order valence-electron chi connectivity index (χ2n) is 9.52. The highest BCUT2D eigenvalue weighted by Crippen LogP contribution is 2.22. The van der Waals surface area contributed by atoms with Crippen molar-refractivity contribution < 1.29 is 33.3 Å². The van der Waals surface area contributed by atoms with Gasteiger partial charge in [0, 0.05) is 13.2 Å². The van der Waals surface area contributed by atoms with Gasteiger partial charge in [0.1, 0.15) is 17.8 Å². The highest BCUT2D eigenvalue weighted by Gasteiger charge is 2.35. The highest BCUT2D eigenvalue weighted by atomic mass is 16.6. The third kappa shape index (κ3) is 10.2. The summed E-state index contributed by atoms with van der Waals surface area (Å²) in [6, 6.07) is 9.85.